The van der Waals surface area contributed by atoms with Gasteiger partial charge in [-0.3, -0.25) is 9.69 Å². The van der Waals surface area contributed by atoms with Crippen molar-refractivity contribution in [3.8, 4) is 11.3 Å². The molecule has 10 heteroatoms. The number of rotatable bonds is 6. The number of carbonyl (C=O) groups excluding carboxylic acids is 2. The Balaban J connectivity index is 1.69. The summed E-state index contributed by atoms with van der Waals surface area (Å²) in [5, 5.41) is 0. The normalized spacial score (nSPS) is 22.7. The molecular weight excluding hydrogens is 531 g/mol. The van der Waals surface area contributed by atoms with Crippen LogP contribution in [0.1, 0.15) is 49.4 Å². The molecule has 1 atom stereocenters. The number of alkyl halides is 3. The van der Waals surface area contributed by atoms with Crippen LogP contribution >= 0.6 is 15.9 Å². The molecule has 1 saturated carbocycles. The molecule has 2 heterocycles. The van der Waals surface area contributed by atoms with Crippen LogP contribution in [0.2, 0.25) is 0 Å². The lowest BCUT2D eigenvalue weighted by molar-refractivity contribution is -0.184. The number of benzene rings is 1. The van der Waals surface area contributed by atoms with E-state index < -0.39 is 24.0 Å². The second-order valence-electron chi connectivity index (χ2n) is 8.87. The number of anilines is 1. The van der Waals surface area contributed by atoms with Crippen molar-refractivity contribution in [1.29, 1.82) is 0 Å². The summed E-state index contributed by atoms with van der Waals surface area (Å²) in [6.45, 7) is 2.50. The van der Waals surface area contributed by atoms with Crippen LogP contribution in [0.5, 0.6) is 0 Å². The average molecular weight is 558 g/mol. The number of hydrogen-bond acceptors (Lipinski definition) is 5. The topological polar surface area (TPSA) is 69.0 Å². The molecule has 1 unspecified atom stereocenters. The van der Waals surface area contributed by atoms with Gasteiger partial charge in [-0.15, -0.1) is 0 Å². The summed E-state index contributed by atoms with van der Waals surface area (Å²) in [6.07, 6.45) is -3.67. The molecule has 2 aromatic rings. The van der Waals surface area contributed by atoms with Gasteiger partial charge in [0.2, 0.25) is 11.8 Å². The number of amides is 1. The zero-order chi connectivity index (χ0) is 25.2. The minimum Gasteiger partial charge on any atom is -0.462 e. The first-order valence-corrected chi connectivity index (χ1v) is 12.5. The van der Waals surface area contributed by atoms with Crippen molar-refractivity contribution in [1.82, 2.24) is 0 Å². The van der Waals surface area contributed by atoms with Gasteiger partial charge in [-0.2, -0.15) is 13.2 Å². The summed E-state index contributed by atoms with van der Waals surface area (Å²) in [6, 6.07) is 8.44. The van der Waals surface area contributed by atoms with Crippen LogP contribution < -0.4 is 4.90 Å². The molecule has 35 heavy (non-hydrogen) atoms. The molecule has 190 valence electrons. The van der Waals surface area contributed by atoms with Crippen LogP contribution in [0.15, 0.2) is 39.2 Å². The summed E-state index contributed by atoms with van der Waals surface area (Å²) in [5.74, 6) is -2.52. The standard InChI is InChI=1S/C25H27BrF3NO5/c1-2-34-24(32)20-13-21(15-5-9-18(26)10-6-15)35-23(20)30(19-11-12-33-14-19)22(31)16-3-7-17(8-4-16)25(27,28)29/h5-6,9-10,13,16-17,19H,2-4,7-8,11-12,14H2,1H3. The zero-order valence-electron chi connectivity index (χ0n) is 19.3. The Morgan fingerprint density at radius 2 is 1.80 bits per heavy atom. The molecule has 0 spiro atoms. The average Bonchev–Trinajstić information content (AvgIpc) is 3.51. The zero-order valence-corrected chi connectivity index (χ0v) is 20.9. The van der Waals surface area contributed by atoms with Crippen molar-refractivity contribution < 1.29 is 36.7 Å². The maximum Gasteiger partial charge on any atom is 0.391 e. The van der Waals surface area contributed by atoms with E-state index in [9.17, 15) is 22.8 Å². The summed E-state index contributed by atoms with van der Waals surface area (Å²) >= 11 is 3.39. The fraction of sp³-hybridized carbons (Fsp3) is 0.520. The van der Waals surface area contributed by atoms with Gasteiger partial charge >= 0.3 is 12.1 Å². The third kappa shape index (κ3) is 5.74. The Kier molecular flexibility index (Phi) is 7.90. The van der Waals surface area contributed by atoms with Crippen LogP contribution in [-0.4, -0.2) is 43.9 Å². The largest absolute Gasteiger partial charge is 0.462 e. The van der Waals surface area contributed by atoms with Gasteiger partial charge in [0.25, 0.3) is 0 Å². The molecular formula is C25H27BrF3NO5. The molecule has 1 aromatic carbocycles. The third-order valence-electron chi connectivity index (χ3n) is 6.60. The third-order valence-corrected chi connectivity index (χ3v) is 7.13. The van der Waals surface area contributed by atoms with E-state index in [1.165, 1.54) is 4.90 Å². The van der Waals surface area contributed by atoms with Gasteiger partial charge in [-0.05, 0) is 51.2 Å². The fourth-order valence-electron chi connectivity index (χ4n) is 4.71. The monoisotopic (exact) mass is 557 g/mol. The van der Waals surface area contributed by atoms with E-state index in [1.54, 1.807) is 13.0 Å². The van der Waals surface area contributed by atoms with Gasteiger partial charge in [-0.25, -0.2) is 4.79 Å². The smallest absolute Gasteiger partial charge is 0.391 e. The Hall–Kier alpha value is -2.33. The van der Waals surface area contributed by atoms with E-state index in [4.69, 9.17) is 13.9 Å². The summed E-state index contributed by atoms with van der Waals surface area (Å²) < 4.78 is 57.2. The van der Waals surface area contributed by atoms with E-state index >= 15 is 0 Å². The first kappa shape index (κ1) is 25.8. The van der Waals surface area contributed by atoms with Crippen LogP contribution in [0, 0.1) is 11.8 Å². The predicted molar refractivity (Wildman–Crippen MR) is 126 cm³/mol. The van der Waals surface area contributed by atoms with Crippen molar-refractivity contribution in [2.45, 2.75) is 51.2 Å². The highest BCUT2D eigenvalue weighted by atomic mass is 79.9. The minimum absolute atomic E-state index is 0.0554. The lowest BCUT2D eigenvalue weighted by Crippen LogP contribution is -2.46. The van der Waals surface area contributed by atoms with Crippen LogP contribution in [0.3, 0.4) is 0 Å². The summed E-state index contributed by atoms with van der Waals surface area (Å²) in [7, 11) is 0. The van der Waals surface area contributed by atoms with Crippen LogP contribution in [0.25, 0.3) is 11.3 Å². The van der Waals surface area contributed by atoms with E-state index in [0.717, 1.165) is 4.47 Å². The van der Waals surface area contributed by atoms with Crippen molar-refractivity contribution in [2.75, 3.05) is 24.7 Å². The number of furan rings is 1. The van der Waals surface area contributed by atoms with Crippen molar-refractivity contribution in [2.24, 2.45) is 11.8 Å². The van der Waals surface area contributed by atoms with E-state index in [2.05, 4.69) is 15.9 Å². The van der Waals surface area contributed by atoms with Gasteiger partial charge in [-0.1, -0.05) is 28.1 Å². The maximum absolute atomic E-state index is 13.7. The first-order valence-electron chi connectivity index (χ1n) is 11.7. The lowest BCUT2D eigenvalue weighted by Gasteiger charge is -2.34. The van der Waals surface area contributed by atoms with Gasteiger partial charge < -0.3 is 13.9 Å². The first-order chi connectivity index (χ1) is 16.7. The fourth-order valence-corrected chi connectivity index (χ4v) is 4.97. The lowest BCUT2D eigenvalue weighted by atomic mass is 9.81. The highest BCUT2D eigenvalue weighted by molar-refractivity contribution is 9.10. The molecule has 4 rings (SSSR count). The molecule has 2 aliphatic rings. The quantitative estimate of drug-likeness (QED) is 0.385. The molecule has 6 nitrogen and oxygen atoms in total. The number of hydrogen-bond donors (Lipinski definition) is 0. The highest BCUT2D eigenvalue weighted by Crippen LogP contribution is 2.42. The van der Waals surface area contributed by atoms with Gasteiger partial charge in [0.05, 0.1) is 25.2 Å². The Morgan fingerprint density at radius 3 is 2.37 bits per heavy atom. The second-order valence-corrected chi connectivity index (χ2v) is 9.79. The molecule has 2 fully saturated rings. The minimum atomic E-state index is -4.26. The Bertz CT molecular complexity index is 1040. The van der Waals surface area contributed by atoms with Crippen molar-refractivity contribution >= 4 is 33.7 Å². The highest BCUT2D eigenvalue weighted by Gasteiger charge is 2.45. The number of nitrogens with zero attached hydrogens (tertiary/aromatic N) is 1. The second kappa shape index (κ2) is 10.7. The number of halogens is 4. The molecule has 1 aliphatic heterocycles. The maximum atomic E-state index is 13.7. The SMILES string of the molecule is CCOC(=O)c1cc(-c2ccc(Br)cc2)oc1N(C(=O)C1CCC(C(F)(F)F)CC1)C1CCOC1. The number of esters is 1. The van der Waals surface area contributed by atoms with Crippen molar-refractivity contribution in [3.05, 3.63) is 40.4 Å². The number of ether oxygens (including phenoxy) is 2. The van der Waals surface area contributed by atoms with E-state index in [1.807, 2.05) is 24.3 Å². The predicted octanol–water partition coefficient (Wildman–Crippen LogP) is 6.38. The van der Waals surface area contributed by atoms with Crippen LogP contribution in [0.4, 0.5) is 19.1 Å². The van der Waals surface area contributed by atoms with Gasteiger partial charge in [0, 0.05) is 28.6 Å². The Morgan fingerprint density at radius 1 is 1.11 bits per heavy atom. The Labute approximate surface area is 209 Å². The molecule has 1 aromatic heterocycles. The molecule has 1 saturated heterocycles. The number of carbonyl (C=O) groups is 2. The van der Waals surface area contributed by atoms with Gasteiger partial charge in [0.15, 0.2) is 0 Å². The molecule has 1 aliphatic carbocycles. The van der Waals surface area contributed by atoms with Crippen LogP contribution in [-0.2, 0) is 14.3 Å². The molecule has 0 N–H and O–H groups in total. The van der Waals surface area contributed by atoms with Gasteiger partial charge in [0.1, 0.15) is 11.3 Å². The summed E-state index contributed by atoms with van der Waals surface area (Å²) in [5.41, 5.74) is 0.805. The summed E-state index contributed by atoms with van der Waals surface area (Å²) in [4.78, 5) is 28.0. The van der Waals surface area contributed by atoms with Crippen molar-refractivity contribution in [3.63, 3.8) is 0 Å². The molecule has 1 amide bonds. The molecule has 0 radical (unpaired) electrons. The van der Waals surface area contributed by atoms with E-state index in [-0.39, 0.29) is 62.3 Å². The molecule has 0 bridgehead atoms. The van der Waals surface area contributed by atoms with E-state index in [0.29, 0.717) is 24.4 Å².